The average molecular weight is 289 g/mol. The van der Waals surface area contributed by atoms with Gasteiger partial charge >= 0.3 is 0 Å². The lowest BCUT2D eigenvalue weighted by Crippen LogP contribution is -2.43. The minimum atomic E-state index is -0.276. The van der Waals surface area contributed by atoms with E-state index >= 15 is 0 Å². The Morgan fingerprint density at radius 3 is 2.76 bits per heavy atom. The monoisotopic (exact) mass is 289 g/mol. The Balaban J connectivity index is 2.66. The molecule has 1 rings (SSSR count). The third kappa shape index (κ3) is 5.18. The number of ether oxygens (including phenoxy) is 1. The summed E-state index contributed by atoms with van der Waals surface area (Å²) >= 11 is 0. The summed E-state index contributed by atoms with van der Waals surface area (Å²) < 4.78 is 5.33. The van der Waals surface area contributed by atoms with Crippen LogP contribution in [0.4, 0.5) is 5.69 Å². The SMILES string of the molecule is CCOCCN(CC)C(C)C(=O)Nc1ccccc1C#N. The Labute approximate surface area is 126 Å². The second kappa shape index (κ2) is 9.11. The van der Waals surface area contributed by atoms with Crippen molar-refractivity contribution in [2.24, 2.45) is 0 Å². The summed E-state index contributed by atoms with van der Waals surface area (Å²) in [5.74, 6) is -0.115. The van der Waals surface area contributed by atoms with Crippen molar-refractivity contribution in [3.8, 4) is 6.07 Å². The average Bonchev–Trinajstić information content (AvgIpc) is 2.51. The van der Waals surface area contributed by atoms with Gasteiger partial charge < -0.3 is 10.1 Å². The van der Waals surface area contributed by atoms with Gasteiger partial charge in [-0.2, -0.15) is 5.26 Å². The maximum Gasteiger partial charge on any atom is 0.241 e. The predicted octanol–water partition coefficient (Wildman–Crippen LogP) is 2.24. The lowest BCUT2D eigenvalue weighted by molar-refractivity contribution is -0.120. The Kier molecular flexibility index (Phi) is 7.44. The summed E-state index contributed by atoms with van der Waals surface area (Å²) in [6, 6.07) is 8.80. The van der Waals surface area contributed by atoms with Crippen LogP contribution in [-0.4, -0.2) is 43.2 Å². The van der Waals surface area contributed by atoms with Crippen molar-refractivity contribution in [1.29, 1.82) is 5.26 Å². The molecule has 0 spiro atoms. The first-order chi connectivity index (χ1) is 10.1. The zero-order valence-electron chi connectivity index (χ0n) is 12.9. The molecule has 1 aromatic carbocycles. The molecule has 1 amide bonds. The molecule has 114 valence electrons. The van der Waals surface area contributed by atoms with Gasteiger partial charge in [0.15, 0.2) is 0 Å². The number of amides is 1. The lowest BCUT2D eigenvalue weighted by atomic mass is 10.2. The number of nitrogens with zero attached hydrogens (tertiary/aromatic N) is 2. The molecule has 0 aliphatic carbocycles. The molecule has 1 aromatic rings. The van der Waals surface area contributed by atoms with E-state index < -0.39 is 0 Å². The molecule has 0 fully saturated rings. The van der Waals surface area contributed by atoms with Crippen LogP contribution in [-0.2, 0) is 9.53 Å². The Morgan fingerprint density at radius 2 is 2.14 bits per heavy atom. The van der Waals surface area contributed by atoms with Gasteiger partial charge in [0.2, 0.25) is 5.91 Å². The summed E-state index contributed by atoms with van der Waals surface area (Å²) in [6.07, 6.45) is 0. The zero-order valence-corrected chi connectivity index (χ0v) is 12.9. The Bertz CT molecular complexity index is 497. The third-order valence-electron chi connectivity index (χ3n) is 3.37. The van der Waals surface area contributed by atoms with E-state index in [0.29, 0.717) is 31.0 Å². The van der Waals surface area contributed by atoms with Crippen molar-refractivity contribution < 1.29 is 9.53 Å². The number of carbonyl (C=O) groups is 1. The highest BCUT2D eigenvalue weighted by Gasteiger charge is 2.20. The van der Waals surface area contributed by atoms with Crippen LogP contribution in [0.5, 0.6) is 0 Å². The van der Waals surface area contributed by atoms with Crippen molar-refractivity contribution in [2.45, 2.75) is 26.8 Å². The minimum Gasteiger partial charge on any atom is -0.380 e. The van der Waals surface area contributed by atoms with E-state index in [1.807, 2.05) is 25.7 Å². The Hall–Kier alpha value is -1.90. The summed E-state index contributed by atoms with van der Waals surface area (Å²) in [7, 11) is 0. The van der Waals surface area contributed by atoms with Crippen molar-refractivity contribution in [1.82, 2.24) is 4.90 Å². The first-order valence-electron chi connectivity index (χ1n) is 7.25. The van der Waals surface area contributed by atoms with Crippen molar-refractivity contribution >= 4 is 11.6 Å². The van der Waals surface area contributed by atoms with E-state index in [9.17, 15) is 4.79 Å². The molecule has 0 saturated carbocycles. The van der Waals surface area contributed by atoms with E-state index in [1.54, 1.807) is 24.3 Å². The fourth-order valence-electron chi connectivity index (χ4n) is 2.04. The van der Waals surface area contributed by atoms with Crippen LogP contribution >= 0.6 is 0 Å². The summed E-state index contributed by atoms with van der Waals surface area (Å²) in [4.78, 5) is 14.4. The summed E-state index contributed by atoms with van der Waals surface area (Å²) in [5, 5.41) is 11.9. The normalized spacial score (nSPS) is 12.0. The first-order valence-corrected chi connectivity index (χ1v) is 7.25. The number of rotatable bonds is 8. The summed E-state index contributed by atoms with van der Waals surface area (Å²) in [5.41, 5.74) is 1.02. The second-order valence-electron chi connectivity index (χ2n) is 4.65. The molecule has 5 heteroatoms. The molecular weight excluding hydrogens is 266 g/mol. The smallest absolute Gasteiger partial charge is 0.241 e. The fraction of sp³-hybridized carbons (Fsp3) is 0.500. The van der Waals surface area contributed by atoms with Crippen molar-refractivity contribution in [2.75, 3.05) is 31.6 Å². The molecule has 5 nitrogen and oxygen atoms in total. The van der Waals surface area contributed by atoms with Gasteiger partial charge in [-0.3, -0.25) is 9.69 Å². The van der Waals surface area contributed by atoms with Crippen molar-refractivity contribution in [3.63, 3.8) is 0 Å². The molecule has 1 atom stereocenters. The van der Waals surface area contributed by atoms with E-state index in [2.05, 4.69) is 11.4 Å². The van der Waals surface area contributed by atoms with Gasteiger partial charge in [-0.25, -0.2) is 0 Å². The Morgan fingerprint density at radius 1 is 1.43 bits per heavy atom. The van der Waals surface area contributed by atoms with Crippen LogP contribution < -0.4 is 5.32 Å². The second-order valence-corrected chi connectivity index (χ2v) is 4.65. The van der Waals surface area contributed by atoms with Crippen LogP contribution in [0.1, 0.15) is 26.3 Å². The molecule has 1 N–H and O–H groups in total. The molecular formula is C16H23N3O2. The number of anilines is 1. The molecule has 21 heavy (non-hydrogen) atoms. The van der Waals surface area contributed by atoms with Crippen LogP contribution in [0.2, 0.25) is 0 Å². The number of carbonyl (C=O) groups excluding carboxylic acids is 1. The number of benzene rings is 1. The first kappa shape index (κ1) is 17.2. The third-order valence-corrected chi connectivity index (χ3v) is 3.37. The predicted molar refractivity (Wildman–Crippen MR) is 83.0 cm³/mol. The van der Waals surface area contributed by atoms with E-state index in [-0.39, 0.29) is 11.9 Å². The van der Waals surface area contributed by atoms with Gasteiger partial charge in [-0.1, -0.05) is 19.1 Å². The highest BCUT2D eigenvalue weighted by Crippen LogP contribution is 2.14. The lowest BCUT2D eigenvalue weighted by Gasteiger charge is -2.26. The van der Waals surface area contributed by atoms with Gasteiger partial charge in [0, 0.05) is 13.2 Å². The highest BCUT2D eigenvalue weighted by atomic mass is 16.5. The molecule has 0 aromatic heterocycles. The number of hydrogen-bond acceptors (Lipinski definition) is 4. The topological polar surface area (TPSA) is 65.4 Å². The molecule has 0 radical (unpaired) electrons. The zero-order chi connectivity index (χ0) is 15.7. The molecule has 0 saturated heterocycles. The van der Waals surface area contributed by atoms with Crippen LogP contribution in [0.3, 0.4) is 0 Å². The van der Waals surface area contributed by atoms with Gasteiger partial charge in [0.25, 0.3) is 0 Å². The van der Waals surface area contributed by atoms with Gasteiger partial charge in [-0.05, 0) is 32.5 Å². The van der Waals surface area contributed by atoms with Gasteiger partial charge in [0.05, 0.1) is 23.9 Å². The minimum absolute atomic E-state index is 0.115. The maximum absolute atomic E-state index is 12.3. The number of likely N-dealkylation sites (N-methyl/N-ethyl adjacent to an activating group) is 1. The number of nitriles is 1. The van der Waals surface area contributed by atoms with Gasteiger partial charge in [0.1, 0.15) is 6.07 Å². The highest BCUT2D eigenvalue weighted by molar-refractivity contribution is 5.95. The quantitative estimate of drug-likeness (QED) is 0.745. The van der Waals surface area contributed by atoms with E-state index in [1.165, 1.54) is 0 Å². The van der Waals surface area contributed by atoms with E-state index in [0.717, 1.165) is 6.54 Å². The number of para-hydroxylation sites is 1. The molecule has 0 bridgehead atoms. The molecule has 1 unspecified atom stereocenters. The van der Waals surface area contributed by atoms with Crippen LogP contribution in [0.25, 0.3) is 0 Å². The number of nitrogens with one attached hydrogen (secondary N) is 1. The maximum atomic E-state index is 12.3. The molecule has 0 aliphatic heterocycles. The fourth-order valence-corrected chi connectivity index (χ4v) is 2.04. The van der Waals surface area contributed by atoms with Crippen molar-refractivity contribution in [3.05, 3.63) is 29.8 Å². The number of hydrogen-bond donors (Lipinski definition) is 1. The standard InChI is InChI=1S/C16H23N3O2/c1-4-19(10-11-21-5-2)13(3)16(20)18-15-9-7-6-8-14(15)12-17/h6-9,13H,4-5,10-11H2,1-3H3,(H,18,20). The largest absolute Gasteiger partial charge is 0.380 e. The van der Waals surface area contributed by atoms with Gasteiger partial charge in [-0.15, -0.1) is 0 Å². The van der Waals surface area contributed by atoms with Crippen LogP contribution in [0, 0.1) is 11.3 Å². The van der Waals surface area contributed by atoms with Crippen LogP contribution in [0.15, 0.2) is 24.3 Å². The van der Waals surface area contributed by atoms with E-state index in [4.69, 9.17) is 10.00 Å². The molecule has 0 heterocycles. The summed E-state index contributed by atoms with van der Waals surface area (Å²) in [6.45, 7) is 8.58. The molecule has 0 aliphatic rings.